The lowest BCUT2D eigenvalue weighted by Crippen LogP contribution is -2.36. The predicted molar refractivity (Wildman–Crippen MR) is 100 cm³/mol. The first-order valence-electron chi connectivity index (χ1n) is 8.59. The lowest BCUT2D eigenvalue weighted by atomic mass is 10.2. The molecule has 0 unspecified atom stereocenters. The fourth-order valence-electron chi connectivity index (χ4n) is 2.90. The number of ether oxygens (including phenoxy) is 1. The lowest BCUT2D eigenvalue weighted by molar-refractivity contribution is 0.122. The Morgan fingerprint density at radius 2 is 1.96 bits per heavy atom. The lowest BCUT2D eigenvalue weighted by Gasteiger charge is -2.28. The Hall–Kier alpha value is -2.91. The Balaban J connectivity index is 1.52. The van der Waals surface area contributed by atoms with E-state index in [0.717, 1.165) is 32.0 Å². The summed E-state index contributed by atoms with van der Waals surface area (Å²) in [5.41, 5.74) is 3.34. The van der Waals surface area contributed by atoms with Crippen LogP contribution in [0.1, 0.15) is 0 Å². The van der Waals surface area contributed by atoms with Crippen LogP contribution in [-0.2, 0) is 4.74 Å². The number of anilines is 4. The van der Waals surface area contributed by atoms with Crippen molar-refractivity contribution in [2.24, 2.45) is 0 Å². The fourth-order valence-corrected chi connectivity index (χ4v) is 2.90. The molecule has 26 heavy (non-hydrogen) atoms. The second-order valence-corrected chi connectivity index (χ2v) is 5.92. The molecule has 9 nitrogen and oxygen atoms in total. The van der Waals surface area contributed by atoms with E-state index in [2.05, 4.69) is 47.6 Å². The summed E-state index contributed by atoms with van der Waals surface area (Å²) >= 11 is 0. The molecule has 3 aromatic rings. The molecule has 9 heteroatoms. The van der Waals surface area contributed by atoms with Crippen molar-refractivity contribution < 1.29 is 9.84 Å². The molecule has 0 radical (unpaired) electrons. The van der Waals surface area contributed by atoms with E-state index in [-0.39, 0.29) is 6.61 Å². The van der Waals surface area contributed by atoms with Gasteiger partial charge in [-0.2, -0.15) is 9.97 Å². The molecule has 0 aliphatic carbocycles. The molecule has 0 bridgehead atoms. The summed E-state index contributed by atoms with van der Waals surface area (Å²) in [6.07, 6.45) is 1.57. The van der Waals surface area contributed by atoms with Crippen LogP contribution in [0.4, 0.5) is 23.1 Å². The smallest absolute Gasteiger partial charge is 0.231 e. The third-order valence-corrected chi connectivity index (χ3v) is 4.19. The zero-order valence-electron chi connectivity index (χ0n) is 14.3. The van der Waals surface area contributed by atoms with Crippen molar-refractivity contribution in [2.45, 2.75) is 0 Å². The Bertz CT molecular complexity index is 859. The zero-order valence-corrected chi connectivity index (χ0v) is 14.3. The van der Waals surface area contributed by atoms with E-state index in [0.29, 0.717) is 29.5 Å². The highest BCUT2D eigenvalue weighted by atomic mass is 16.5. The van der Waals surface area contributed by atoms with Crippen molar-refractivity contribution in [1.82, 2.24) is 19.9 Å². The van der Waals surface area contributed by atoms with E-state index in [4.69, 9.17) is 9.84 Å². The molecule has 0 atom stereocenters. The van der Waals surface area contributed by atoms with Crippen LogP contribution in [0.15, 0.2) is 30.6 Å². The van der Waals surface area contributed by atoms with Crippen molar-refractivity contribution in [3.8, 4) is 0 Å². The maximum absolute atomic E-state index is 9.03. The van der Waals surface area contributed by atoms with E-state index in [1.165, 1.54) is 5.69 Å². The number of hydrogen-bond acceptors (Lipinski definition) is 8. The molecule has 136 valence electrons. The van der Waals surface area contributed by atoms with Gasteiger partial charge in [-0.3, -0.25) is 0 Å². The largest absolute Gasteiger partial charge is 0.395 e. The van der Waals surface area contributed by atoms with E-state index in [1.54, 1.807) is 6.33 Å². The number of aliphatic hydroxyl groups excluding tert-OH is 1. The molecule has 1 fully saturated rings. The summed E-state index contributed by atoms with van der Waals surface area (Å²) in [4.78, 5) is 18.4. The summed E-state index contributed by atoms with van der Waals surface area (Å²) in [5.74, 6) is 1.05. The molecule has 1 aromatic carbocycles. The first kappa shape index (κ1) is 16.6. The Kier molecular flexibility index (Phi) is 4.80. The quantitative estimate of drug-likeness (QED) is 0.524. The highest BCUT2D eigenvalue weighted by Crippen LogP contribution is 2.23. The van der Waals surface area contributed by atoms with Gasteiger partial charge in [0.05, 0.1) is 26.1 Å². The first-order chi connectivity index (χ1) is 12.8. The van der Waals surface area contributed by atoms with Gasteiger partial charge in [-0.15, -0.1) is 0 Å². The van der Waals surface area contributed by atoms with Crippen LogP contribution in [0.5, 0.6) is 0 Å². The summed E-state index contributed by atoms with van der Waals surface area (Å²) in [5, 5.41) is 15.3. The van der Waals surface area contributed by atoms with Crippen LogP contribution in [0.25, 0.3) is 11.2 Å². The molecule has 4 rings (SSSR count). The van der Waals surface area contributed by atoms with Crippen molar-refractivity contribution in [2.75, 3.05) is 55.0 Å². The average Bonchev–Trinajstić information content (AvgIpc) is 3.16. The van der Waals surface area contributed by atoms with Crippen molar-refractivity contribution in [3.63, 3.8) is 0 Å². The third kappa shape index (κ3) is 3.53. The maximum atomic E-state index is 9.03. The minimum atomic E-state index is 0.0192. The molecular weight excluding hydrogens is 334 g/mol. The third-order valence-electron chi connectivity index (χ3n) is 4.19. The molecule has 3 heterocycles. The number of rotatable bonds is 6. The molecule has 2 aromatic heterocycles. The average molecular weight is 355 g/mol. The van der Waals surface area contributed by atoms with Crippen molar-refractivity contribution in [1.29, 1.82) is 0 Å². The van der Waals surface area contributed by atoms with Gasteiger partial charge in [0.15, 0.2) is 11.5 Å². The molecule has 4 N–H and O–H groups in total. The van der Waals surface area contributed by atoms with Gasteiger partial charge in [-0.25, -0.2) is 4.98 Å². The van der Waals surface area contributed by atoms with Crippen molar-refractivity contribution in [3.05, 3.63) is 30.6 Å². The first-order valence-corrected chi connectivity index (χ1v) is 8.59. The zero-order chi connectivity index (χ0) is 17.8. The maximum Gasteiger partial charge on any atom is 0.231 e. The number of benzene rings is 1. The topological polar surface area (TPSA) is 111 Å². The summed E-state index contributed by atoms with van der Waals surface area (Å²) in [6, 6.07) is 8.16. The van der Waals surface area contributed by atoms with Crippen LogP contribution in [0.3, 0.4) is 0 Å². The number of aliphatic hydroxyl groups is 1. The molecule has 0 spiro atoms. The van der Waals surface area contributed by atoms with Gasteiger partial charge >= 0.3 is 0 Å². The van der Waals surface area contributed by atoms with Crippen LogP contribution >= 0.6 is 0 Å². The van der Waals surface area contributed by atoms with E-state index in [9.17, 15) is 0 Å². The number of morpholine rings is 1. The van der Waals surface area contributed by atoms with Gasteiger partial charge in [-0.1, -0.05) is 0 Å². The number of nitrogens with one attached hydrogen (secondary N) is 3. The van der Waals surface area contributed by atoms with Gasteiger partial charge < -0.3 is 30.4 Å². The molecule has 1 aliphatic rings. The van der Waals surface area contributed by atoms with Crippen LogP contribution < -0.4 is 15.5 Å². The van der Waals surface area contributed by atoms with Crippen molar-refractivity contribution >= 4 is 34.3 Å². The highest BCUT2D eigenvalue weighted by Gasteiger charge is 2.12. The SMILES string of the molecule is OCCNc1nc(Nc2ccc(N3CCOCC3)cc2)nc2nc[nH]c12. The minimum absolute atomic E-state index is 0.0192. The molecular formula is C17H21N7O2. The standard InChI is InChI=1S/C17H21N7O2/c25-8-5-18-15-14-16(20-11-19-14)23-17(22-15)21-12-1-3-13(4-2-12)24-6-9-26-10-7-24/h1-4,11,25H,5-10H2,(H3,18,19,20,21,22,23). The number of aromatic amines is 1. The summed E-state index contributed by atoms with van der Waals surface area (Å²) in [7, 11) is 0. The van der Waals surface area contributed by atoms with E-state index in [1.807, 2.05) is 12.1 Å². The van der Waals surface area contributed by atoms with E-state index < -0.39 is 0 Å². The Labute approximate surface area is 150 Å². The molecule has 1 aliphatic heterocycles. The number of hydrogen-bond donors (Lipinski definition) is 4. The number of imidazole rings is 1. The van der Waals surface area contributed by atoms with Crippen LogP contribution in [0, 0.1) is 0 Å². The number of aromatic nitrogens is 4. The van der Waals surface area contributed by atoms with Gasteiger partial charge in [0, 0.05) is 31.0 Å². The summed E-state index contributed by atoms with van der Waals surface area (Å²) in [6.45, 7) is 3.77. The number of H-pyrrole nitrogens is 1. The van der Waals surface area contributed by atoms with Gasteiger partial charge in [0.1, 0.15) is 5.52 Å². The minimum Gasteiger partial charge on any atom is -0.395 e. The van der Waals surface area contributed by atoms with Gasteiger partial charge in [0.2, 0.25) is 5.95 Å². The molecule has 0 amide bonds. The van der Waals surface area contributed by atoms with Crippen LogP contribution in [0.2, 0.25) is 0 Å². The molecule has 0 saturated carbocycles. The Morgan fingerprint density at radius 3 is 2.73 bits per heavy atom. The van der Waals surface area contributed by atoms with Gasteiger partial charge in [-0.05, 0) is 24.3 Å². The normalized spacial score (nSPS) is 14.6. The number of fused-ring (bicyclic) bond motifs is 1. The van der Waals surface area contributed by atoms with Gasteiger partial charge in [0.25, 0.3) is 0 Å². The summed E-state index contributed by atoms with van der Waals surface area (Å²) < 4.78 is 5.39. The molecule has 1 saturated heterocycles. The highest BCUT2D eigenvalue weighted by molar-refractivity contribution is 5.84. The number of nitrogens with zero attached hydrogens (tertiary/aromatic N) is 4. The second kappa shape index (κ2) is 7.54. The monoisotopic (exact) mass is 355 g/mol. The fraction of sp³-hybridized carbons (Fsp3) is 0.353. The van der Waals surface area contributed by atoms with E-state index >= 15 is 0 Å². The predicted octanol–water partition coefficient (Wildman–Crippen LogP) is 1.34. The van der Waals surface area contributed by atoms with Crippen LogP contribution in [-0.4, -0.2) is 64.5 Å². The Morgan fingerprint density at radius 1 is 1.15 bits per heavy atom. The second-order valence-electron chi connectivity index (χ2n) is 5.92.